The number of amides is 2. The molecular formula is C13H13NO2. The van der Waals surface area contributed by atoms with Crippen molar-refractivity contribution in [3.63, 3.8) is 0 Å². The summed E-state index contributed by atoms with van der Waals surface area (Å²) in [6.45, 7) is 5.82. The van der Waals surface area contributed by atoms with Gasteiger partial charge < -0.3 is 0 Å². The third-order valence-corrected chi connectivity index (χ3v) is 2.67. The van der Waals surface area contributed by atoms with Crippen molar-refractivity contribution in [1.29, 1.82) is 0 Å². The van der Waals surface area contributed by atoms with E-state index in [9.17, 15) is 9.59 Å². The molecule has 3 nitrogen and oxygen atoms in total. The summed E-state index contributed by atoms with van der Waals surface area (Å²) in [5.41, 5.74) is 3.74. The minimum absolute atomic E-state index is 0.264. The Balaban J connectivity index is 2.57. The highest BCUT2D eigenvalue weighted by Gasteiger charge is 2.27. The number of aryl methyl sites for hydroxylation is 3. The highest BCUT2D eigenvalue weighted by atomic mass is 16.2. The van der Waals surface area contributed by atoms with Crippen LogP contribution in [-0.4, -0.2) is 11.8 Å². The van der Waals surface area contributed by atoms with Gasteiger partial charge in [0.2, 0.25) is 0 Å². The monoisotopic (exact) mass is 215 g/mol. The van der Waals surface area contributed by atoms with Crippen molar-refractivity contribution in [3.8, 4) is 0 Å². The fraction of sp³-hybridized carbons (Fsp3) is 0.231. The molecule has 0 spiro atoms. The molecule has 0 N–H and O–H groups in total. The van der Waals surface area contributed by atoms with Crippen LogP contribution in [0.2, 0.25) is 0 Å². The third kappa shape index (κ3) is 1.54. The molecule has 1 heterocycles. The molecule has 0 unspecified atom stereocenters. The molecule has 0 aromatic heterocycles. The van der Waals surface area contributed by atoms with E-state index in [4.69, 9.17) is 0 Å². The number of benzene rings is 1. The molecule has 0 aliphatic carbocycles. The van der Waals surface area contributed by atoms with Crippen molar-refractivity contribution in [2.75, 3.05) is 4.90 Å². The molecule has 0 atom stereocenters. The molecule has 0 saturated heterocycles. The number of nitrogens with zero attached hydrogens (tertiary/aromatic N) is 1. The van der Waals surface area contributed by atoms with Crippen LogP contribution in [0.25, 0.3) is 0 Å². The normalized spacial score (nSPS) is 15.1. The van der Waals surface area contributed by atoms with E-state index in [0.29, 0.717) is 5.69 Å². The highest BCUT2D eigenvalue weighted by Crippen LogP contribution is 2.28. The SMILES string of the molecule is Cc1cc(C)c(N2C(=O)C=CC2=O)c(C)c1. The first-order valence-corrected chi connectivity index (χ1v) is 5.14. The Bertz CT molecular complexity index is 474. The fourth-order valence-electron chi connectivity index (χ4n) is 2.15. The minimum atomic E-state index is -0.264. The Morgan fingerprint density at radius 3 is 1.75 bits per heavy atom. The molecule has 1 aromatic rings. The second kappa shape index (κ2) is 3.59. The van der Waals surface area contributed by atoms with E-state index in [2.05, 4.69) is 0 Å². The van der Waals surface area contributed by atoms with Crippen molar-refractivity contribution in [3.05, 3.63) is 41.0 Å². The maximum atomic E-state index is 11.6. The average molecular weight is 215 g/mol. The second-order valence-corrected chi connectivity index (χ2v) is 4.09. The third-order valence-electron chi connectivity index (χ3n) is 2.67. The van der Waals surface area contributed by atoms with Gasteiger partial charge in [0.25, 0.3) is 11.8 Å². The molecule has 0 fully saturated rings. The van der Waals surface area contributed by atoms with Crippen molar-refractivity contribution in [2.24, 2.45) is 0 Å². The fourth-order valence-corrected chi connectivity index (χ4v) is 2.15. The summed E-state index contributed by atoms with van der Waals surface area (Å²) in [4.78, 5) is 24.4. The van der Waals surface area contributed by atoms with Gasteiger partial charge >= 0.3 is 0 Å². The van der Waals surface area contributed by atoms with Crippen molar-refractivity contribution < 1.29 is 9.59 Å². The lowest BCUT2D eigenvalue weighted by molar-refractivity contribution is -0.120. The van der Waals surface area contributed by atoms with Gasteiger partial charge in [0.15, 0.2) is 0 Å². The number of imide groups is 1. The number of hydrogen-bond acceptors (Lipinski definition) is 2. The van der Waals surface area contributed by atoms with Gasteiger partial charge in [0, 0.05) is 12.2 Å². The summed E-state index contributed by atoms with van der Waals surface area (Å²) in [6, 6.07) is 3.95. The zero-order valence-electron chi connectivity index (χ0n) is 9.57. The molecule has 2 amide bonds. The molecule has 82 valence electrons. The van der Waals surface area contributed by atoms with Gasteiger partial charge in [-0.2, -0.15) is 0 Å². The lowest BCUT2D eigenvalue weighted by Gasteiger charge is -2.19. The topological polar surface area (TPSA) is 37.4 Å². The smallest absolute Gasteiger partial charge is 0.258 e. The molecule has 0 bridgehead atoms. The Kier molecular flexibility index (Phi) is 2.38. The first kappa shape index (κ1) is 10.6. The molecule has 16 heavy (non-hydrogen) atoms. The van der Waals surface area contributed by atoms with Gasteiger partial charge in [0.05, 0.1) is 5.69 Å². The van der Waals surface area contributed by atoms with E-state index >= 15 is 0 Å². The van der Waals surface area contributed by atoms with Crippen molar-refractivity contribution >= 4 is 17.5 Å². The number of rotatable bonds is 1. The number of hydrogen-bond donors (Lipinski definition) is 0. The molecule has 1 aromatic carbocycles. The summed E-state index contributed by atoms with van der Waals surface area (Å²) in [7, 11) is 0. The van der Waals surface area contributed by atoms with Crippen LogP contribution in [0.4, 0.5) is 5.69 Å². The minimum Gasteiger partial charge on any atom is -0.269 e. The highest BCUT2D eigenvalue weighted by molar-refractivity contribution is 6.28. The Labute approximate surface area is 94.4 Å². The first-order valence-electron chi connectivity index (χ1n) is 5.14. The van der Waals surface area contributed by atoms with E-state index in [0.717, 1.165) is 16.7 Å². The van der Waals surface area contributed by atoms with Crippen LogP contribution in [0, 0.1) is 20.8 Å². The standard InChI is InChI=1S/C13H13NO2/c1-8-6-9(2)13(10(3)7-8)14-11(15)4-5-12(14)16/h4-7H,1-3H3. The Morgan fingerprint density at radius 1 is 0.875 bits per heavy atom. The van der Waals surface area contributed by atoms with Crippen LogP contribution >= 0.6 is 0 Å². The van der Waals surface area contributed by atoms with Gasteiger partial charge in [0.1, 0.15) is 0 Å². The molecule has 0 radical (unpaired) electrons. The lowest BCUT2D eigenvalue weighted by atomic mass is 10.0. The van der Waals surface area contributed by atoms with Crippen LogP contribution in [-0.2, 0) is 9.59 Å². The van der Waals surface area contributed by atoms with Gasteiger partial charge in [-0.25, -0.2) is 4.90 Å². The van der Waals surface area contributed by atoms with E-state index in [1.165, 1.54) is 17.1 Å². The maximum absolute atomic E-state index is 11.6. The summed E-state index contributed by atoms with van der Waals surface area (Å²) in [5, 5.41) is 0. The second-order valence-electron chi connectivity index (χ2n) is 4.09. The van der Waals surface area contributed by atoms with E-state index in [-0.39, 0.29) is 11.8 Å². The van der Waals surface area contributed by atoms with Gasteiger partial charge in [-0.3, -0.25) is 9.59 Å². The van der Waals surface area contributed by atoms with Crippen molar-refractivity contribution in [1.82, 2.24) is 0 Å². The van der Waals surface area contributed by atoms with Gasteiger partial charge in [-0.05, 0) is 31.9 Å². The van der Waals surface area contributed by atoms with E-state index < -0.39 is 0 Å². The van der Waals surface area contributed by atoms with Crippen LogP contribution in [0.1, 0.15) is 16.7 Å². The van der Waals surface area contributed by atoms with Crippen LogP contribution in [0.5, 0.6) is 0 Å². The Morgan fingerprint density at radius 2 is 1.31 bits per heavy atom. The zero-order valence-corrected chi connectivity index (χ0v) is 9.57. The Hall–Kier alpha value is -1.90. The molecule has 3 heteroatoms. The summed E-state index contributed by atoms with van der Waals surface area (Å²) in [5.74, 6) is -0.528. The summed E-state index contributed by atoms with van der Waals surface area (Å²) >= 11 is 0. The van der Waals surface area contributed by atoms with E-state index in [1.54, 1.807) is 0 Å². The first-order chi connectivity index (χ1) is 7.50. The van der Waals surface area contributed by atoms with Crippen molar-refractivity contribution in [2.45, 2.75) is 20.8 Å². The molecule has 0 saturated carbocycles. The average Bonchev–Trinajstić information content (AvgIpc) is 2.47. The predicted molar refractivity (Wildman–Crippen MR) is 62.3 cm³/mol. The molecule has 2 rings (SSSR count). The number of anilines is 1. The molecule has 1 aliphatic rings. The van der Waals surface area contributed by atoms with Crippen LogP contribution in [0.3, 0.4) is 0 Å². The van der Waals surface area contributed by atoms with Crippen LogP contribution in [0.15, 0.2) is 24.3 Å². The lowest BCUT2D eigenvalue weighted by Crippen LogP contribution is -2.31. The summed E-state index contributed by atoms with van der Waals surface area (Å²) in [6.07, 6.45) is 2.61. The van der Waals surface area contributed by atoms with Crippen LogP contribution < -0.4 is 4.90 Å². The predicted octanol–water partition coefficient (Wildman–Crippen LogP) is 2.04. The molecular weight excluding hydrogens is 202 g/mol. The maximum Gasteiger partial charge on any atom is 0.258 e. The largest absolute Gasteiger partial charge is 0.269 e. The number of carbonyl (C=O) groups is 2. The van der Waals surface area contributed by atoms with E-state index in [1.807, 2.05) is 32.9 Å². The summed E-state index contributed by atoms with van der Waals surface area (Å²) < 4.78 is 0. The molecule has 1 aliphatic heterocycles. The van der Waals surface area contributed by atoms with Gasteiger partial charge in [-0.15, -0.1) is 0 Å². The number of carbonyl (C=O) groups excluding carboxylic acids is 2. The quantitative estimate of drug-likeness (QED) is 0.672. The zero-order chi connectivity index (χ0) is 11.9. The van der Waals surface area contributed by atoms with Gasteiger partial charge in [-0.1, -0.05) is 17.7 Å².